The molecule has 1 fully saturated rings. The monoisotopic (exact) mass is 414 g/mol. The zero-order valence-corrected chi connectivity index (χ0v) is 16.9. The van der Waals surface area contributed by atoms with Crippen LogP contribution in [0.4, 0.5) is 0 Å². The molecule has 8 heteroatoms. The maximum atomic E-state index is 13.1. The molecule has 31 heavy (non-hydrogen) atoms. The number of carbonyl (C=O) groups is 1. The average Bonchev–Trinajstić information content (AvgIpc) is 3.30. The predicted octanol–water partition coefficient (Wildman–Crippen LogP) is 2.27. The minimum Gasteiger partial charge on any atom is -0.336 e. The van der Waals surface area contributed by atoms with Crippen LogP contribution in [-0.2, 0) is 6.54 Å². The number of rotatable bonds is 4. The van der Waals surface area contributed by atoms with Crippen molar-refractivity contribution in [3.8, 4) is 11.3 Å². The maximum Gasteiger partial charge on any atom is 0.258 e. The van der Waals surface area contributed by atoms with Crippen molar-refractivity contribution >= 4 is 16.8 Å². The molecule has 0 aliphatic carbocycles. The van der Waals surface area contributed by atoms with E-state index >= 15 is 0 Å². The summed E-state index contributed by atoms with van der Waals surface area (Å²) < 4.78 is 0. The smallest absolute Gasteiger partial charge is 0.258 e. The highest BCUT2D eigenvalue weighted by atomic mass is 16.2. The fourth-order valence-electron chi connectivity index (χ4n) is 3.97. The molecule has 2 N–H and O–H groups in total. The number of nitrogens with one attached hydrogen (secondary N) is 2. The molecule has 1 amide bonds. The van der Waals surface area contributed by atoms with Crippen LogP contribution in [0.1, 0.15) is 16.2 Å². The van der Waals surface area contributed by atoms with E-state index in [9.17, 15) is 9.59 Å². The lowest BCUT2D eigenvalue weighted by Gasteiger charge is -2.34. The molecule has 0 atom stereocenters. The number of amides is 1. The van der Waals surface area contributed by atoms with E-state index in [-0.39, 0.29) is 11.5 Å². The van der Waals surface area contributed by atoms with Crippen molar-refractivity contribution in [3.05, 3.63) is 82.5 Å². The topological polar surface area (TPSA) is 98.0 Å². The van der Waals surface area contributed by atoms with Gasteiger partial charge in [0.15, 0.2) is 0 Å². The van der Waals surface area contributed by atoms with Gasteiger partial charge in [-0.25, -0.2) is 4.98 Å². The second-order valence-corrected chi connectivity index (χ2v) is 7.62. The van der Waals surface area contributed by atoms with Gasteiger partial charge in [0, 0.05) is 31.7 Å². The second-order valence-electron chi connectivity index (χ2n) is 7.62. The van der Waals surface area contributed by atoms with Crippen molar-refractivity contribution in [1.29, 1.82) is 0 Å². The molecule has 4 aromatic rings. The summed E-state index contributed by atoms with van der Waals surface area (Å²) in [4.78, 5) is 36.9. The van der Waals surface area contributed by atoms with Gasteiger partial charge in [-0.1, -0.05) is 42.5 Å². The quantitative estimate of drug-likeness (QED) is 0.534. The maximum absolute atomic E-state index is 13.1. The normalized spacial score (nSPS) is 14.8. The lowest BCUT2D eigenvalue weighted by Crippen LogP contribution is -2.48. The lowest BCUT2D eigenvalue weighted by atomic mass is 10.1. The summed E-state index contributed by atoms with van der Waals surface area (Å²) in [5.74, 6) is 0.620. The zero-order valence-electron chi connectivity index (χ0n) is 16.9. The first-order chi connectivity index (χ1) is 15.2. The molecular weight excluding hydrogens is 392 g/mol. The van der Waals surface area contributed by atoms with Crippen molar-refractivity contribution in [2.45, 2.75) is 6.54 Å². The number of aromatic amines is 2. The van der Waals surface area contributed by atoms with Gasteiger partial charge < -0.3 is 9.88 Å². The molecule has 0 bridgehead atoms. The molecule has 2 aromatic carbocycles. The minimum absolute atomic E-state index is 0.0236. The van der Waals surface area contributed by atoms with Crippen molar-refractivity contribution in [2.75, 3.05) is 26.2 Å². The Labute approximate surface area is 178 Å². The number of aromatic nitrogens is 4. The van der Waals surface area contributed by atoms with Gasteiger partial charge in [0.25, 0.3) is 11.5 Å². The van der Waals surface area contributed by atoms with Gasteiger partial charge in [0.05, 0.1) is 34.9 Å². The summed E-state index contributed by atoms with van der Waals surface area (Å²) in [5.41, 5.74) is 2.84. The van der Waals surface area contributed by atoms with Crippen molar-refractivity contribution in [3.63, 3.8) is 0 Å². The minimum atomic E-state index is -0.122. The summed E-state index contributed by atoms with van der Waals surface area (Å²) >= 11 is 0. The molecule has 5 rings (SSSR count). The number of nitrogens with zero attached hydrogens (tertiary/aromatic N) is 4. The highest BCUT2D eigenvalue weighted by molar-refractivity contribution is 5.99. The Morgan fingerprint density at radius 2 is 1.71 bits per heavy atom. The molecule has 0 spiro atoms. The van der Waals surface area contributed by atoms with Crippen LogP contribution in [0, 0.1) is 0 Å². The third-order valence-corrected chi connectivity index (χ3v) is 5.63. The van der Waals surface area contributed by atoms with Crippen molar-refractivity contribution in [1.82, 2.24) is 30.0 Å². The number of benzene rings is 2. The first-order valence-corrected chi connectivity index (χ1v) is 10.3. The van der Waals surface area contributed by atoms with Gasteiger partial charge in [-0.2, -0.15) is 5.10 Å². The molecule has 0 radical (unpaired) electrons. The van der Waals surface area contributed by atoms with Crippen molar-refractivity contribution in [2.24, 2.45) is 0 Å². The first-order valence-electron chi connectivity index (χ1n) is 10.3. The Kier molecular flexibility index (Phi) is 5.05. The summed E-state index contributed by atoms with van der Waals surface area (Å²) in [6, 6.07) is 17.1. The number of hydrogen-bond donors (Lipinski definition) is 2. The van der Waals surface area contributed by atoms with E-state index in [0.717, 1.165) is 11.3 Å². The molecule has 0 saturated carbocycles. The largest absolute Gasteiger partial charge is 0.336 e. The van der Waals surface area contributed by atoms with Crippen LogP contribution in [0.2, 0.25) is 0 Å². The number of piperazine rings is 1. The Bertz CT molecular complexity index is 1270. The average molecular weight is 414 g/mol. The number of carbonyl (C=O) groups excluding carboxylic acids is 1. The van der Waals surface area contributed by atoms with Gasteiger partial charge in [-0.15, -0.1) is 0 Å². The van der Waals surface area contributed by atoms with Crippen LogP contribution in [0.5, 0.6) is 0 Å². The molecule has 1 aliphatic rings. The van der Waals surface area contributed by atoms with Crippen LogP contribution in [0.15, 0.2) is 65.6 Å². The van der Waals surface area contributed by atoms with E-state index in [4.69, 9.17) is 0 Å². The first kappa shape index (κ1) is 19.2. The highest BCUT2D eigenvalue weighted by Gasteiger charge is 2.25. The molecule has 1 aliphatic heterocycles. The second kappa shape index (κ2) is 8.16. The van der Waals surface area contributed by atoms with Gasteiger partial charge in [0.2, 0.25) is 0 Å². The summed E-state index contributed by atoms with van der Waals surface area (Å²) in [6.45, 7) is 3.18. The van der Waals surface area contributed by atoms with Crippen LogP contribution in [0.3, 0.4) is 0 Å². The highest BCUT2D eigenvalue weighted by Crippen LogP contribution is 2.22. The summed E-state index contributed by atoms with van der Waals surface area (Å²) in [7, 11) is 0. The van der Waals surface area contributed by atoms with E-state index in [1.807, 2.05) is 53.4 Å². The number of para-hydroxylation sites is 1. The standard InChI is InChI=1S/C23H22N6O2/c30-22-17-8-4-5-9-19(17)25-20(26-22)15-28-10-12-29(13-11-28)23(31)18-14-24-27-21(18)16-6-2-1-3-7-16/h1-9,14H,10-13,15H2,(H,24,27)(H,25,26,30). The molecular formula is C23H22N6O2. The van der Waals surface area contributed by atoms with E-state index < -0.39 is 0 Å². The lowest BCUT2D eigenvalue weighted by molar-refractivity contribution is 0.0626. The van der Waals surface area contributed by atoms with Gasteiger partial charge in [-0.3, -0.25) is 19.6 Å². The van der Waals surface area contributed by atoms with Crippen LogP contribution >= 0.6 is 0 Å². The van der Waals surface area contributed by atoms with Crippen LogP contribution in [-0.4, -0.2) is 62.1 Å². The Morgan fingerprint density at radius 3 is 2.52 bits per heavy atom. The third-order valence-electron chi connectivity index (χ3n) is 5.63. The number of fused-ring (bicyclic) bond motifs is 1. The van der Waals surface area contributed by atoms with E-state index in [2.05, 4.69) is 25.1 Å². The number of hydrogen-bond acceptors (Lipinski definition) is 5. The van der Waals surface area contributed by atoms with Gasteiger partial charge >= 0.3 is 0 Å². The summed E-state index contributed by atoms with van der Waals surface area (Å²) in [6.07, 6.45) is 1.60. The van der Waals surface area contributed by atoms with Gasteiger partial charge in [0.1, 0.15) is 5.82 Å². The van der Waals surface area contributed by atoms with E-state index in [0.29, 0.717) is 55.0 Å². The Balaban J connectivity index is 1.26. The molecule has 8 nitrogen and oxygen atoms in total. The SMILES string of the molecule is O=C(c1cn[nH]c1-c1ccccc1)N1CCN(Cc2nc3ccccc3c(=O)[nH]2)CC1. The zero-order chi connectivity index (χ0) is 21.2. The number of H-pyrrole nitrogens is 2. The van der Waals surface area contributed by atoms with E-state index in [1.165, 1.54) is 0 Å². The summed E-state index contributed by atoms with van der Waals surface area (Å²) in [5, 5.41) is 7.64. The predicted molar refractivity (Wildman–Crippen MR) is 118 cm³/mol. The van der Waals surface area contributed by atoms with Crippen molar-refractivity contribution < 1.29 is 4.79 Å². The van der Waals surface area contributed by atoms with E-state index in [1.54, 1.807) is 12.3 Å². The Hall–Kier alpha value is -3.78. The molecule has 3 heterocycles. The molecule has 2 aromatic heterocycles. The molecule has 0 unspecified atom stereocenters. The van der Waals surface area contributed by atoms with Gasteiger partial charge in [-0.05, 0) is 12.1 Å². The van der Waals surface area contributed by atoms with Crippen LogP contribution in [0.25, 0.3) is 22.2 Å². The Morgan fingerprint density at radius 1 is 0.968 bits per heavy atom. The third kappa shape index (κ3) is 3.85. The fourth-order valence-corrected chi connectivity index (χ4v) is 3.97. The van der Waals surface area contributed by atoms with Crippen LogP contribution < -0.4 is 5.56 Å². The fraction of sp³-hybridized carbons (Fsp3) is 0.217. The molecule has 156 valence electrons. The molecule has 1 saturated heterocycles.